The Morgan fingerprint density at radius 3 is 2.88 bits per heavy atom. The van der Waals surface area contributed by atoms with Gasteiger partial charge >= 0.3 is 0 Å². The van der Waals surface area contributed by atoms with E-state index in [0.717, 1.165) is 23.1 Å². The summed E-state index contributed by atoms with van der Waals surface area (Å²) in [5.41, 5.74) is 2.36. The molecule has 0 unspecified atom stereocenters. The van der Waals surface area contributed by atoms with Crippen molar-refractivity contribution >= 4 is 28.9 Å². The summed E-state index contributed by atoms with van der Waals surface area (Å²) in [6, 6.07) is 3.58. The van der Waals surface area contributed by atoms with E-state index in [-0.39, 0.29) is 0 Å². The number of hydrogen-bond donors (Lipinski definition) is 0. The molecule has 16 heavy (non-hydrogen) atoms. The van der Waals surface area contributed by atoms with Crippen molar-refractivity contribution in [2.75, 3.05) is 0 Å². The Morgan fingerprint density at radius 2 is 2.25 bits per heavy atom. The molecule has 1 aromatic heterocycles. The third-order valence-corrected chi connectivity index (χ3v) is 3.43. The van der Waals surface area contributed by atoms with E-state index in [4.69, 9.17) is 11.6 Å². The van der Waals surface area contributed by atoms with Crippen LogP contribution < -0.4 is 0 Å². The lowest BCUT2D eigenvalue weighted by Crippen LogP contribution is -1.94. The van der Waals surface area contributed by atoms with Gasteiger partial charge in [-0.2, -0.15) is 0 Å². The van der Waals surface area contributed by atoms with Gasteiger partial charge in [0.1, 0.15) is 5.82 Å². The number of aromatic nitrogens is 2. The second-order valence-corrected chi connectivity index (χ2v) is 4.69. The van der Waals surface area contributed by atoms with Gasteiger partial charge in [0.05, 0.1) is 16.1 Å². The maximum Gasteiger partial charge on any atom is 0.151 e. The molecule has 1 heterocycles. The SMILES string of the molecule is Cn1c(C2CC2)nc2cc(C=O)c(Cl)cc21. The minimum Gasteiger partial charge on any atom is -0.331 e. The van der Waals surface area contributed by atoms with Crippen LogP contribution in [0.25, 0.3) is 11.0 Å². The molecule has 0 spiro atoms. The summed E-state index contributed by atoms with van der Waals surface area (Å²) in [4.78, 5) is 15.4. The third-order valence-electron chi connectivity index (χ3n) is 3.10. The van der Waals surface area contributed by atoms with Crippen LogP contribution in [0.5, 0.6) is 0 Å². The number of fused-ring (bicyclic) bond motifs is 1. The van der Waals surface area contributed by atoms with Crippen molar-refractivity contribution in [2.24, 2.45) is 7.05 Å². The molecule has 1 saturated carbocycles. The average molecular weight is 235 g/mol. The first kappa shape index (κ1) is 9.85. The lowest BCUT2D eigenvalue weighted by Gasteiger charge is -2.00. The van der Waals surface area contributed by atoms with Gasteiger partial charge in [0.15, 0.2) is 6.29 Å². The Bertz CT molecular complexity index is 584. The van der Waals surface area contributed by atoms with Crippen LogP contribution in [0.2, 0.25) is 5.02 Å². The van der Waals surface area contributed by atoms with Gasteiger partial charge < -0.3 is 4.57 Å². The topological polar surface area (TPSA) is 34.9 Å². The Hall–Kier alpha value is -1.35. The summed E-state index contributed by atoms with van der Waals surface area (Å²) in [7, 11) is 2.00. The van der Waals surface area contributed by atoms with E-state index >= 15 is 0 Å². The molecule has 0 radical (unpaired) electrons. The molecular weight excluding hydrogens is 224 g/mol. The molecule has 1 aliphatic carbocycles. The minimum absolute atomic E-state index is 0.493. The fourth-order valence-corrected chi connectivity index (χ4v) is 2.25. The summed E-state index contributed by atoms with van der Waals surface area (Å²) in [5, 5.41) is 0.493. The van der Waals surface area contributed by atoms with Gasteiger partial charge in [-0.15, -0.1) is 0 Å². The number of aryl methyl sites for hydroxylation is 1. The van der Waals surface area contributed by atoms with Gasteiger partial charge in [-0.05, 0) is 25.0 Å². The van der Waals surface area contributed by atoms with E-state index in [1.54, 1.807) is 6.07 Å². The molecule has 0 aliphatic heterocycles. The average Bonchev–Trinajstić information content (AvgIpc) is 3.06. The number of halogens is 1. The smallest absolute Gasteiger partial charge is 0.151 e. The van der Waals surface area contributed by atoms with E-state index in [2.05, 4.69) is 9.55 Å². The van der Waals surface area contributed by atoms with Gasteiger partial charge in [-0.25, -0.2) is 4.98 Å². The molecule has 0 atom stereocenters. The molecule has 1 aromatic carbocycles. The molecular formula is C12H11ClN2O. The van der Waals surface area contributed by atoms with Gasteiger partial charge in [0.25, 0.3) is 0 Å². The Kier molecular flexibility index (Phi) is 2.04. The van der Waals surface area contributed by atoms with E-state index in [9.17, 15) is 4.79 Å². The predicted molar refractivity (Wildman–Crippen MR) is 63.1 cm³/mol. The first-order valence-electron chi connectivity index (χ1n) is 5.31. The van der Waals surface area contributed by atoms with Crippen LogP contribution in [-0.4, -0.2) is 15.8 Å². The van der Waals surface area contributed by atoms with Crippen molar-refractivity contribution in [2.45, 2.75) is 18.8 Å². The Morgan fingerprint density at radius 1 is 1.50 bits per heavy atom. The van der Waals surface area contributed by atoms with E-state index in [0.29, 0.717) is 16.5 Å². The van der Waals surface area contributed by atoms with Crippen molar-refractivity contribution in [3.05, 3.63) is 28.5 Å². The molecule has 0 N–H and O–H groups in total. The Balaban J connectivity index is 2.28. The van der Waals surface area contributed by atoms with Crippen molar-refractivity contribution in [3.8, 4) is 0 Å². The first-order chi connectivity index (χ1) is 7.70. The summed E-state index contributed by atoms with van der Waals surface area (Å²) < 4.78 is 2.08. The molecule has 4 heteroatoms. The molecule has 1 fully saturated rings. The van der Waals surface area contributed by atoms with Gasteiger partial charge in [0.2, 0.25) is 0 Å². The lowest BCUT2D eigenvalue weighted by atomic mass is 10.2. The number of carbonyl (C=O) groups is 1. The molecule has 2 aromatic rings. The van der Waals surface area contributed by atoms with Crippen molar-refractivity contribution in [1.29, 1.82) is 0 Å². The van der Waals surface area contributed by atoms with Gasteiger partial charge in [-0.1, -0.05) is 11.6 Å². The number of aldehydes is 1. The highest BCUT2D eigenvalue weighted by molar-refractivity contribution is 6.33. The normalized spacial score (nSPS) is 15.6. The van der Waals surface area contributed by atoms with E-state index in [1.165, 1.54) is 12.8 Å². The number of hydrogen-bond acceptors (Lipinski definition) is 2. The van der Waals surface area contributed by atoms with Crippen molar-refractivity contribution in [3.63, 3.8) is 0 Å². The van der Waals surface area contributed by atoms with Crippen LogP contribution in [-0.2, 0) is 7.05 Å². The molecule has 0 bridgehead atoms. The summed E-state index contributed by atoms with van der Waals surface area (Å²) in [5.74, 6) is 1.70. The third kappa shape index (κ3) is 1.35. The zero-order chi connectivity index (χ0) is 11.3. The second kappa shape index (κ2) is 3.32. The summed E-state index contributed by atoms with van der Waals surface area (Å²) >= 11 is 6.01. The highest BCUT2D eigenvalue weighted by Crippen LogP contribution is 2.40. The highest BCUT2D eigenvalue weighted by Gasteiger charge is 2.28. The molecule has 82 valence electrons. The van der Waals surface area contributed by atoms with Crippen LogP contribution in [0.3, 0.4) is 0 Å². The lowest BCUT2D eigenvalue weighted by molar-refractivity contribution is 0.112. The molecule has 3 nitrogen and oxygen atoms in total. The summed E-state index contributed by atoms with van der Waals surface area (Å²) in [6.45, 7) is 0. The Labute approximate surface area is 98.0 Å². The standard InChI is InChI=1S/C12H11ClN2O/c1-15-11-5-9(13)8(6-16)4-10(11)14-12(15)7-2-3-7/h4-7H,2-3H2,1H3. The second-order valence-electron chi connectivity index (χ2n) is 4.28. The largest absolute Gasteiger partial charge is 0.331 e. The monoisotopic (exact) mass is 234 g/mol. The minimum atomic E-state index is 0.493. The molecule has 1 aliphatic rings. The predicted octanol–water partition coefficient (Wildman–Crippen LogP) is 2.92. The zero-order valence-corrected chi connectivity index (χ0v) is 9.66. The van der Waals surface area contributed by atoms with Crippen LogP contribution in [0, 0.1) is 0 Å². The number of nitrogens with zero attached hydrogens (tertiary/aromatic N) is 2. The van der Waals surface area contributed by atoms with Crippen LogP contribution >= 0.6 is 11.6 Å². The van der Waals surface area contributed by atoms with E-state index < -0.39 is 0 Å². The van der Waals surface area contributed by atoms with Crippen molar-refractivity contribution < 1.29 is 4.79 Å². The number of carbonyl (C=O) groups excluding carboxylic acids is 1. The summed E-state index contributed by atoms with van der Waals surface area (Å²) in [6.07, 6.45) is 3.20. The van der Waals surface area contributed by atoms with Crippen LogP contribution in [0.1, 0.15) is 34.9 Å². The molecule has 3 rings (SSSR count). The molecule has 0 saturated heterocycles. The molecule has 0 amide bonds. The number of benzene rings is 1. The highest BCUT2D eigenvalue weighted by atomic mass is 35.5. The zero-order valence-electron chi connectivity index (χ0n) is 8.90. The fraction of sp³-hybridized carbons (Fsp3) is 0.333. The van der Waals surface area contributed by atoms with Crippen molar-refractivity contribution in [1.82, 2.24) is 9.55 Å². The van der Waals surface area contributed by atoms with E-state index in [1.807, 2.05) is 13.1 Å². The van der Waals surface area contributed by atoms with Gasteiger partial charge in [0, 0.05) is 18.5 Å². The quantitative estimate of drug-likeness (QED) is 0.749. The number of imidazole rings is 1. The first-order valence-corrected chi connectivity index (χ1v) is 5.69. The fourth-order valence-electron chi connectivity index (χ4n) is 2.04. The van der Waals surface area contributed by atoms with Crippen LogP contribution in [0.4, 0.5) is 0 Å². The maximum atomic E-state index is 10.8. The van der Waals surface area contributed by atoms with Gasteiger partial charge in [-0.3, -0.25) is 4.79 Å². The van der Waals surface area contributed by atoms with Crippen LogP contribution in [0.15, 0.2) is 12.1 Å². The number of rotatable bonds is 2. The maximum absolute atomic E-state index is 10.8.